The number of methoxy groups -OCH3 is 2. The minimum absolute atomic E-state index is 0. The maximum absolute atomic E-state index is 12.6. The molecule has 1 saturated carbocycles. The molecule has 1 aromatic rings. The number of likely N-dealkylation sites (tertiary alicyclic amines) is 1. The summed E-state index contributed by atoms with van der Waals surface area (Å²) in [6.45, 7) is 2.62. The first-order valence-corrected chi connectivity index (χ1v) is 9.56. The summed E-state index contributed by atoms with van der Waals surface area (Å²) in [5, 5.41) is 3.19. The van der Waals surface area contributed by atoms with E-state index in [-0.39, 0.29) is 36.8 Å². The lowest BCUT2D eigenvalue weighted by Crippen LogP contribution is -2.57. The zero-order valence-corrected chi connectivity index (χ0v) is 18.4. The van der Waals surface area contributed by atoms with Gasteiger partial charge in [-0.3, -0.25) is 9.69 Å². The van der Waals surface area contributed by atoms with Crippen LogP contribution in [0.2, 0.25) is 0 Å². The summed E-state index contributed by atoms with van der Waals surface area (Å²) in [4.78, 5) is 15.0. The number of nitrogens with one attached hydrogen (secondary N) is 1. The van der Waals surface area contributed by atoms with Gasteiger partial charge in [-0.1, -0.05) is 19.3 Å². The molecule has 1 amide bonds. The van der Waals surface area contributed by atoms with Crippen molar-refractivity contribution in [2.75, 3.05) is 27.3 Å². The van der Waals surface area contributed by atoms with Gasteiger partial charge in [-0.25, -0.2) is 0 Å². The van der Waals surface area contributed by atoms with Crippen LogP contribution in [0.5, 0.6) is 11.5 Å². The van der Waals surface area contributed by atoms with Gasteiger partial charge in [-0.15, -0.1) is 24.8 Å². The van der Waals surface area contributed by atoms with E-state index in [1.54, 1.807) is 14.2 Å². The Bertz CT molecular complexity index is 617. The monoisotopic (exact) mass is 433 g/mol. The molecule has 1 aromatic carbocycles. The largest absolute Gasteiger partial charge is 0.497 e. The highest BCUT2D eigenvalue weighted by atomic mass is 35.5. The Labute approximate surface area is 180 Å². The molecular weight excluding hydrogens is 401 g/mol. The maximum atomic E-state index is 12.6. The molecule has 0 aromatic heterocycles. The smallest absolute Gasteiger partial charge is 0.240 e. The Morgan fingerprint density at radius 1 is 1.14 bits per heavy atom. The Morgan fingerprint density at radius 2 is 1.75 bits per heavy atom. The molecule has 28 heavy (non-hydrogen) atoms. The van der Waals surface area contributed by atoms with Crippen LogP contribution in [0.25, 0.3) is 0 Å². The Balaban J connectivity index is 0.00000196. The van der Waals surface area contributed by atoms with Crippen molar-refractivity contribution in [1.29, 1.82) is 0 Å². The average Bonchev–Trinajstić information content (AvgIpc) is 3.08. The lowest BCUT2D eigenvalue weighted by atomic mass is 9.82. The summed E-state index contributed by atoms with van der Waals surface area (Å²) in [6, 6.07) is 6.12. The average molecular weight is 434 g/mol. The van der Waals surface area contributed by atoms with Crippen molar-refractivity contribution in [3.63, 3.8) is 0 Å². The van der Waals surface area contributed by atoms with Crippen LogP contribution in [0.1, 0.15) is 44.1 Å². The van der Waals surface area contributed by atoms with Gasteiger partial charge in [0.2, 0.25) is 5.91 Å². The van der Waals surface area contributed by atoms with Gasteiger partial charge >= 0.3 is 0 Å². The lowest BCUT2D eigenvalue weighted by Gasteiger charge is -2.33. The second kappa shape index (κ2) is 11.1. The number of ether oxygens (including phenoxy) is 2. The molecule has 3 N–H and O–H groups in total. The minimum atomic E-state index is -0.661. The van der Waals surface area contributed by atoms with Crippen LogP contribution in [0.3, 0.4) is 0 Å². The standard InChI is InChI=1S/C20H31N3O3.2ClH/c1-25-17-10-15(11-18(12-17)26-2)13-23-9-6-16(14-23)22-19(24)20(21)7-4-3-5-8-20;;/h10-12,16H,3-9,13-14,21H2,1-2H3,(H,22,24);2*1H. The number of carbonyl (C=O) groups is 1. The van der Waals surface area contributed by atoms with Gasteiger partial charge in [-0.05, 0) is 37.0 Å². The maximum Gasteiger partial charge on any atom is 0.240 e. The molecule has 0 bridgehead atoms. The SMILES string of the molecule is COc1cc(CN2CCC(NC(=O)C3(N)CCCCC3)C2)cc(OC)c1.Cl.Cl. The van der Waals surface area contributed by atoms with E-state index in [2.05, 4.69) is 10.2 Å². The summed E-state index contributed by atoms with van der Waals surface area (Å²) in [7, 11) is 3.32. The molecule has 1 aliphatic heterocycles. The van der Waals surface area contributed by atoms with Crippen molar-refractivity contribution < 1.29 is 14.3 Å². The zero-order chi connectivity index (χ0) is 18.6. The molecular formula is C20H33Cl2N3O3. The summed E-state index contributed by atoms with van der Waals surface area (Å²) in [6.07, 6.45) is 5.87. The number of carbonyl (C=O) groups excluding carboxylic acids is 1. The van der Waals surface area contributed by atoms with Gasteiger partial charge in [0, 0.05) is 31.7 Å². The second-order valence-corrected chi connectivity index (χ2v) is 7.63. The molecule has 2 aliphatic rings. The fraction of sp³-hybridized carbons (Fsp3) is 0.650. The van der Waals surface area contributed by atoms with Crippen LogP contribution >= 0.6 is 24.8 Å². The molecule has 1 saturated heterocycles. The van der Waals surface area contributed by atoms with E-state index in [0.717, 1.165) is 68.8 Å². The highest BCUT2D eigenvalue weighted by Gasteiger charge is 2.37. The molecule has 1 unspecified atom stereocenters. The van der Waals surface area contributed by atoms with Crippen molar-refractivity contribution in [1.82, 2.24) is 10.2 Å². The summed E-state index contributed by atoms with van der Waals surface area (Å²) in [5.41, 5.74) is 6.84. The first-order chi connectivity index (χ1) is 12.5. The Morgan fingerprint density at radius 3 is 2.32 bits per heavy atom. The van der Waals surface area contributed by atoms with E-state index in [1.807, 2.05) is 18.2 Å². The number of nitrogens with zero attached hydrogens (tertiary/aromatic N) is 1. The molecule has 160 valence electrons. The molecule has 3 rings (SSSR count). The first-order valence-electron chi connectivity index (χ1n) is 9.56. The normalized spacial score (nSPS) is 21.2. The number of rotatable bonds is 6. The van der Waals surface area contributed by atoms with Crippen molar-refractivity contribution in [2.45, 2.75) is 56.7 Å². The second-order valence-electron chi connectivity index (χ2n) is 7.63. The zero-order valence-electron chi connectivity index (χ0n) is 16.7. The summed E-state index contributed by atoms with van der Waals surface area (Å²) >= 11 is 0. The van der Waals surface area contributed by atoms with E-state index >= 15 is 0 Å². The molecule has 0 spiro atoms. The van der Waals surface area contributed by atoms with Gasteiger partial charge in [0.15, 0.2) is 0 Å². The molecule has 2 fully saturated rings. The van der Waals surface area contributed by atoms with Crippen molar-refractivity contribution in [3.8, 4) is 11.5 Å². The van der Waals surface area contributed by atoms with Gasteiger partial charge in [-0.2, -0.15) is 0 Å². The number of nitrogens with two attached hydrogens (primary N) is 1. The third-order valence-electron chi connectivity index (χ3n) is 5.62. The predicted molar refractivity (Wildman–Crippen MR) is 116 cm³/mol. The van der Waals surface area contributed by atoms with Crippen molar-refractivity contribution >= 4 is 30.7 Å². The number of amides is 1. The van der Waals surface area contributed by atoms with Crippen LogP contribution in [-0.4, -0.2) is 49.7 Å². The Hall–Kier alpha value is -1.21. The van der Waals surface area contributed by atoms with E-state index < -0.39 is 5.54 Å². The van der Waals surface area contributed by atoms with Gasteiger partial charge in [0.05, 0.1) is 19.8 Å². The minimum Gasteiger partial charge on any atom is -0.497 e. The van der Waals surface area contributed by atoms with Crippen molar-refractivity contribution in [2.24, 2.45) is 5.73 Å². The molecule has 6 nitrogen and oxygen atoms in total. The van der Waals surface area contributed by atoms with Crippen molar-refractivity contribution in [3.05, 3.63) is 23.8 Å². The quantitative estimate of drug-likeness (QED) is 0.720. The van der Waals surface area contributed by atoms with E-state index in [0.29, 0.717) is 0 Å². The van der Waals surface area contributed by atoms with Crippen LogP contribution in [0.15, 0.2) is 18.2 Å². The lowest BCUT2D eigenvalue weighted by molar-refractivity contribution is -0.128. The third kappa shape index (κ3) is 6.14. The van der Waals surface area contributed by atoms with Gasteiger partial charge < -0.3 is 20.5 Å². The highest BCUT2D eigenvalue weighted by molar-refractivity contribution is 5.86. The number of halogens is 2. The third-order valence-corrected chi connectivity index (χ3v) is 5.62. The predicted octanol–water partition coefficient (Wildman–Crippen LogP) is 2.90. The fourth-order valence-electron chi connectivity index (χ4n) is 4.05. The van der Waals surface area contributed by atoms with Crippen LogP contribution < -0.4 is 20.5 Å². The number of benzene rings is 1. The summed E-state index contributed by atoms with van der Waals surface area (Å²) < 4.78 is 10.7. The number of hydrogen-bond acceptors (Lipinski definition) is 5. The Kier molecular flexibility index (Phi) is 9.84. The first kappa shape index (κ1) is 24.8. The number of hydrogen-bond donors (Lipinski definition) is 2. The van der Waals surface area contributed by atoms with Crippen LogP contribution in [0.4, 0.5) is 0 Å². The molecule has 0 radical (unpaired) electrons. The highest BCUT2D eigenvalue weighted by Crippen LogP contribution is 2.27. The summed E-state index contributed by atoms with van der Waals surface area (Å²) in [5.74, 6) is 1.63. The molecule has 8 heteroatoms. The topological polar surface area (TPSA) is 76.8 Å². The molecule has 1 heterocycles. The van der Waals surface area contributed by atoms with Crippen LogP contribution in [-0.2, 0) is 11.3 Å². The van der Waals surface area contributed by atoms with Crippen LogP contribution in [0, 0.1) is 0 Å². The van der Waals surface area contributed by atoms with Gasteiger partial charge in [0.1, 0.15) is 11.5 Å². The fourth-order valence-corrected chi connectivity index (χ4v) is 4.05. The van der Waals surface area contributed by atoms with E-state index in [1.165, 1.54) is 6.42 Å². The van der Waals surface area contributed by atoms with E-state index in [9.17, 15) is 4.79 Å². The van der Waals surface area contributed by atoms with Gasteiger partial charge in [0.25, 0.3) is 0 Å². The molecule has 1 atom stereocenters. The van der Waals surface area contributed by atoms with E-state index in [4.69, 9.17) is 15.2 Å². The molecule has 1 aliphatic carbocycles.